The highest BCUT2D eigenvalue weighted by atomic mass is 14.5. The number of hydrogen-bond donors (Lipinski definition) is 0. The molecule has 6 unspecified atom stereocenters. The highest BCUT2D eigenvalue weighted by Crippen LogP contribution is 2.59. The summed E-state index contributed by atoms with van der Waals surface area (Å²) in [5, 5.41) is 0. The van der Waals surface area contributed by atoms with Crippen molar-refractivity contribution in [2.75, 3.05) is 0 Å². The van der Waals surface area contributed by atoms with E-state index in [0.29, 0.717) is 5.41 Å². The first-order valence-corrected chi connectivity index (χ1v) is 10.5. The molecule has 6 fully saturated rings. The topological polar surface area (TPSA) is 0 Å². The third-order valence-corrected chi connectivity index (χ3v) is 8.00. The molecule has 0 bridgehead atoms. The first kappa shape index (κ1) is 15.5. The van der Waals surface area contributed by atoms with Crippen LogP contribution in [0.1, 0.15) is 91.4 Å². The van der Waals surface area contributed by atoms with Crippen LogP contribution < -0.4 is 0 Å². The summed E-state index contributed by atoms with van der Waals surface area (Å²) >= 11 is 0. The van der Waals surface area contributed by atoms with E-state index < -0.39 is 0 Å². The van der Waals surface area contributed by atoms with E-state index in [-0.39, 0.29) is 0 Å². The van der Waals surface area contributed by atoms with Gasteiger partial charge in [0.15, 0.2) is 0 Å². The van der Waals surface area contributed by atoms with Gasteiger partial charge in [-0.1, -0.05) is 52.9 Å². The lowest BCUT2D eigenvalue weighted by Crippen LogP contribution is -2.06. The van der Waals surface area contributed by atoms with Crippen LogP contribution in [0.5, 0.6) is 0 Å². The summed E-state index contributed by atoms with van der Waals surface area (Å²) in [5.74, 6) is 8.19. The van der Waals surface area contributed by atoms with E-state index in [2.05, 4.69) is 20.8 Å². The van der Waals surface area contributed by atoms with Crippen molar-refractivity contribution in [2.24, 2.45) is 46.8 Å². The smallest absolute Gasteiger partial charge is 0.0349 e. The molecule has 0 spiro atoms. The number of hydrogen-bond acceptors (Lipinski definition) is 0. The quantitative estimate of drug-likeness (QED) is 0.467. The van der Waals surface area contributed by atoms with E-state index in [1.807, 2.05) is 0 Å². The minimum absolute atomic E-state index is 0.716. The van der Waals surface area contributed by atoms with E-state index >= 15 is 0 Å². The molecule has 126 valence electrons. The van der Waals surface area contributed by atoms with Gasteiger partial charge in [-0.15, -0.1) is 0 Å². The lowest BCUT2D eigenvalue weighted by molar-refractivity contribution is 0.338. The third-order valence-electron chi connectivity index (χ3n) is 8.00. The fourth-order valence-corrected chi connectivity index (χ4v) is 6.32. The van der Waals surface area contributed by atoms with Crippen LogP contribution in [-0.4, -0.2) is 0 Å². The predicted octanol–water partition coefficient (Wildman–Crippen LogP) is 6.69. The minimum Gasteiger partial charge on any atom is -0.0620 e. The molecule has 0 aliphatic heterocycles. The molecule has 0 saturated heterocycles. The van der Waals surface area contributed by atoms with Crippen molar-refractivity contribution in [1.82, 2.24) is 0 Å². The molecule has 0 N–H and O–H groups in total. The van der Waals surface area contributed by atoms with E-state index in [9.17, 15) is 0 Å². The maximum absolute atomic E-state index is 2.42. The van der Waals surface area contributed by atoms with E-state index in [1.54, 1.807) is 38.5 Å². The largest absolute Gasteiger partial charge is 0.0620 e. The highest BCUT2D eigenvalue weighted by molar-refractivity contribution is 4.99. The molecular formula is C22H38. The molecule has 6 rings (SSSR count). The van der Waals surface area contributed by atoms with Crippen LogP contribution in [0.2, 0.25) is 0 Å². The van der Waals surface area contributed by atoms with Crippen LogP contribution in [0.3, 0.4) is 0 Å². The van der Waals surface area contributed by atoms with Gasteiger partial charge in [-0.2, -0.15) is 0 Å². The standard InChI is InChI=1S/2C8H14.C6H10/c1-8(2)4-6-3-7(6)5-8;1-6-7-4-2-3-5-8(6)7;1-2-5-4-6(5)3-1/h6-7H,3-5H2,1-2H3;6-8H,2-5H2,1H3;5-6H,1-4H2. The zero-order valence-electron chi connectivity index (χ0n) is 15.3. The van der Waals surface area contributed by atoms with Gasteiger partial charge >= 0.3 is 0 Å². The van der Waals surface area contributed by atoms with Crippen molar-refractivity contribution in [3.8, 4) is 0 Å². The molecule has 0 aromatic rings. The first-order chi connectivity index (χ1) is 10.5. The van der Waals surface area contributed by atoms with Gasteiger partial charge < -0.3 is 0 Å². The minimum atomic E-state index is 0.716. The molecule has 6 saturated carbocycles. The zero-order valence-corrected chi connectivity index (χ0v) is 15.3. The van der Waals surface area contributed by atoms with Gasteiger partial charge in [0.25, 0.3) is 0 Å². The van der Waals surface area contributed by atoms with Gasteiger partial charge in [0.1, 0.15) is 0 Å². The molecule has 6 atom stereocenters. The first-order valence-electron chi connectivity index (χ1n) is 10.5. The third kappa shape index (κ3) is 3.57. The summed E-state index contributed by atoms with van der Waals surface area (Å²) in [6.45, 7) is 7.22. The molecule has 0 heteroatoms. The molecule has 0 heterocycles. The summed E-state index contributed by atoms with van der Waals surface area (Å²) in [7, 11) is 0. The van der Waals surface area contributed by atoms with Gasteiger partial charge in [-0.05, 0) is 85.4 Å². The van der Waals surface area contributed by atoms with Crippen LogP contribution in [0.15, 0.2) is 0 Å². The molecule has 0 amide bonds. The summed E-state index contributed by atoms with van der Waals surface area (Å²) in [6, 6.07) is 0. The molecule has 0 radical (unpaired) electrons. The Hall–Kier alpha value is 0. The molecule has 6 aliphatic rings. The second-order valence-electron chi connectivity index (χ2n) is 10.5. The Balaban J connectivity index is 0.0000000862. The molecule has 0 aromatic carbocycles. The normalized spacial score (nSPS) is 51.1. The fourth-order valence-electron chi connectivity index (χ4n) is 6.32. The van der Waals surface area contributed by atoms with Crippen molar-refractivity contribution in [3.63, 3.8) is 0 Å². The summed E-state index contributed by atoms with van der Waals surface area (Å²) in [6.07, 6.45) is 17.0. The van der Waals surface area contributed by atoms with Crippen molar-refractivity contribution >= 4 is 0 Å². The predicted molar refractivity (Wildman–Crippen MR) is 94.7 cm³/mol. The zero-order chi connectivity index (χ0) is 15.3. The van der Waals surface area contributed by atoms with Gasteiger partial charge in [-0.25, -0.2) is 0 Å². The van der Waals surface area contributed by atoms with E-state index in [1.165, 1.54) is 55.8 Å². The van der Waals surface area contributed by atoms with Crippen molar-refractivity contribution in [2.45, 2.75) is 91.4 Å². The Morgan fingerprint density at radius 2 is 1.14 bits per heavy atom. The van der Waals surface area contributed by atoms with Crippen LogP contribution in [-0.2, 0) is 0 Å². The van der Waals surface area contributed by atoms with Crippen LogP contribution in [0.25, 0.3) is 0 Å². The van der Waals surface area contributed by atoms with Gasteiger partial charge in [0.2, 0.25) is 0 Å². The maximum atomic E-state index is 2.42. The second-order valence-corrected chi connectivity index (χ2v) is 10.5. The monoisotopic (exact) mass is 302 g/mol. The molecule has 0 nitrogen and oxygen atoms in total. The van der Waals surface area contributed by atoms with Crippen LogP contribution >= 0.6 is 0 Å². The van der Waals surface area contributed by atoms with Crippen molar-refractivity contribution in [1.29, 1.82) is 0 Å². The van der Waals surface area contributed by atoms with Gasteiger partial charge in [0, 0.05) is 0 Å². The number of fused-ring (bicyclic) bond motifs is 3. The summed E-state index contributed by atoms with van der Waals surface area (Å²) in [5.41, 5.74) is 0.716. The average molecular weight is 303 g/mol. The summed E-state index contributed by atoms with van der Waals surface area (Å²) < 4.78 is 0. The van der Waals surface area contributed by atoms with Crippen molar-refractivity contribution in [3.05, 3.63) is 0 Å². The SMILES string of the molecule is C1CC2CC2C1.CC1(C)CC2CC2C1.CC1C2CCCCC12. The lowest BCUT2D eigenvalue weighted by atomic mass is 9.88. The van der Waals surface area contributed by atoms with Crippen LogP contribution in [0, 0.1) is 46.8 Å². The van der Waals surface area contributed by atoms with Crippen molar-refractivity contribution < 1.29 is 0 Å². The molecule has 22 heavy (non-hydrogen) atoms. The van der Waals surface area contributed by atoms with Gasteiger partial charge in [0.05, 0.1) is 0 Å². The average Bonchev–Trinajstić information content (AvgIpc) is 3.45. The van der Waals surface area contributed by atoms with Crippen LogP contribution in [0.4, 0.5) is 0 Å². The Morgan fingerprint density at radius 1 is 0.636 bits per heavy atom. The van der Waals surface area contributed by atoms with E-state index in [4.69, 9.17) is 0 Å². The Morgan fingerprint density at radius 3 is 1.41 bits per heavy atom. The molecule has 6 aliphatic carbocycles. The molecular weight excluding hydrogens is 264 g/mol. The Labute approximate surface area is 138 Å². The lowest BCUT2D eigenvalue weighted by Gasteiger charge is -2.17. The van der Waals surface area contributed by atoms with Gasteiger partial charge in [-0.3, -0.25) is 0 Å². The highest BCUT2D eigenvalue weighted by Gasteiger charge is 2.49. The Kier molecular flexibility index (Phi) is 4.10. The fraction of sp³-hybridized carbons (Fsp3) is 1.00. The summed E-state index contributed by atoms with van der Waals surface area (Å²) in [4.78, 5) is 0. The Bertz CT molecular complexity index is 363. The second kappa shape index (κ2) is 5.82. The number of rotatable bonds is 0. The molecule has 0 aromatic heterocycles. The van der Waals surface area contributed by atoms with E-state index in [0.717, 1.165) is 17.8 Å². The maximum Gasteiger partial charge on any atom is -0.0349 e.